The number of ether oxygens (including phenoxy) is 1. The number of carboxylic acid groups (broad SMARTS) is 1. The van der Waals surface area contributed by atoms with Crippen molar-refractivity contribution in [2.45, 2.75) is 77.5 Å². The average molecular weight is 352 g/mol. The van der Waals surface area contributed by atoms with Crippen LogP contribution >= 0.6 is 0 Å². The Hall–Kier alpha value is -1.66. The summed E-state index contributed by atoms with van der Waals surface area (Å²) in [6.45, 7) is 8.01. The molecule has 0 amide bonds. The molecule has 0 radical (unpaired) electrons. The van der Waals surface area contributed by atoms with Crippen molar-refractivity contribution in [2.24, 2.45) is 11.7 Å². The molecule has 0 aromatic carbocycles. The van der Waals surface area contributed by atoms with Crippen LogP contribution in [0, 0.1) is 5.92 Å². The largest absolute Gasteiger partial charge is 0.491 e. The highest BCUT2D eigenvalue weighted by Crippen LogP contribution is 2.23. The second kappa shape index (κ2) is 9.73. The summed E-state index contributed by atoms with van der Waals surface area (Å²) >= 11 is 0. The number of rotatable bonds is 11. The molecule has 0 aliphatic carbocycles. The van der Waals surface area contributed by atoms with E-state index in [2.05, 4.69) is 11.9 Å². The van der Waals surface area contributed by atoms with E-state index in [4.69, 9.17) is 10.5 Å². The number of aromatic nitrogens is 1. The van der Waals surface area contributed by atoms with E-state index < -0.39 is 17.6 Å². The molecule has 1 aromatic rings. The van der Waals surface area contributed by atoms with Crippen molar-refractivity contribution >= 4 is 5.97 Å². The van der Waals surface area contributed by atoms with Crippen LogP contribution in [0.15, 0.2) is 18.3 Å². The topological polar surface area (TPSA) is 106 Å². The summed E-state index contributed by atoms with van der Waals surface area (Å²) in [5.74, 6) is -0.522. The number of pyridine rings is 1. The lowest BCUT2D eigenvalue weighted by Gasteiger charge is -2.30. The lowest BCUT2D eigenvalue weighted by atomic mass is 9.84. The predicted molar refractivity (Wildman–Crippen MR) is 97.6 cm³/mol. The maximum absolute atomic E-state index is 11.6. The third kappa shape index (κ3) is 6.63. The van der Waals surface area contributed by atoms with Gasteiger partial charge in [0.15, 0.2) is 5.60 Å². The van der Waals surface area contributed by atoms with Crippen LogP contribution in [0.1, 0.15) is 59.1 Å². The third-order valence-electron chi connectivity index (χ3n) is 4.25. The van der Waals surface area contributed by atoms with Crippen molar-refractivity contribution in [3.05, 3.63) is 24.0 Å². The molecule has 0 saturated carbocycles. The number of nitrogens with two attached hydrogens (primary N) is 1. The number of carboxylic acids is 1. The van der Waals surface area contributed by atoms with Crippen molar-refractivity contribution in [2.75, 3.05) is 0 Å². The Morgan fingerprint density at radius 2 is 2.08 bits per heavy atom. The summed E-state index contributed by atoms with van der Waals surface area (Å²) in [6.07, 6.45) is 5.03. The van der Waals surface area contributed by atoms with Gasteiger partial charge in [-0.1, -0.05) is 33.6 Å². The second-order valence-electron chi connectivity index (χ2n) is 7.20. The Morgan fingerprint density at radius 1 is 1.40 bits per heavy atom. The minimum atomic E-state index is -2.05. The molecule has 4 N–H and O–H groups in total. The zero-order valence-corrected chi connectivity index (χ0v) is 15.7. The lowest BCUT2D eigenvalue weighted by Crippen LogP contribution is -2.56. The van der Waals surface area contributed by atoms with E-state index in [0.717, 1.165) is 19.3 Å². The van der Waals surface area contributed by atoms with Gasteiger partial charge in [-0.15, -0.1) is 0 Å². The smallest absolute Gasteiger partial charge is 0.337 e. The van der Waals surface area contributed by atoms with Crippen LogP contribution < -0.4 is 10.5 Å². The predicted octanol–water partition coefficient (Wildman–Crippen LogP) is 2.77. The molecule has 3 unspecified atom stereocenters. The van der Waals surface area contributed by atoms with Crippen molar-refractivity contribution in [3.8, 4) is 5.75 Å². The lowest BCUT2D eigenvalue weighted by molar-refractivity contribution is -0.161. The first-order valence-corrected chi connectivity index (χ1v) is 9.02. The Balaban J connectivity index is 2.88. The Kier molecular flexibility index (Phi) is 8.32. The van der Waals surface area contributed by atoms with Crippen LogP contribution in [0.5, 0.6) is 5.75 Å². The monoisotopic (exact) mass is 352 g/mol. The first-order valence-electron chi connectivity index (χ1n) is 9.02. The van der Waals surface area contributed by atoms with Crippen molar-refractivity contribution in [1.82, 2.24) is 4.98 Å². The van der Waals surface area contributed by atoms with Gasteiger partial charge in [-0.05, 0) is 31.7 Å². The summed E-state index contributed by atoms with van der Waals surface area (Å²) in [5, 5.41) is 20.1. The quantitative estimate of drug-likeness (QED) is 0.565. The summed E-state index contributed by atoms with van der Waals surface area (Å²) in [5.41, 5.74) is 4.38. The molecule has 1 aromatic heterocycles. The van der Waals surface area contributed by atoms with Crippen LogP contribution in [0.2, 0.25) is 0 Å². The van der Waals surface area contributed by atoms with E-state index in [1.807, 2.05) is 20.8 Å². The third-order valence-corrected chi connectivity index (χ3v) is 4.25. The van der Waals surface area contributed by atoms with Gasteiger partial charge in [0.1, 0.15) is 5.75 Å². The van der Waals surface area contributed by atoms with Gasteiger partial charge in [0.05, 0.1) is 6.10 Å². The second-order valence-corrected chi connectivity index (χ2v) is 7.20. The summed E-state index contributed by atoms with van der Waals surface area (Å²) in [6, 6.07) is 2.54. The van der Waals surface area contributed by atoms with E-state index in [0.29, 0.717) is 17.9 Å². The normalized spacial score (nSPS) is 16.3. The van der Waals surface area contributed by atoms with Gasteiger partial charge in [-0.2, -0.15) is 0 Å². The number of aliphatic carboxylic acids is 1. The molecule has 142 valence electrons. The van der Waals surface area contributed by atoms with Crippen LogP contribution in [0.4, 0.5) is 0 Å². The van der Waals surface area contributed by atoms with Gasteiger partial charge in [0.25, 0.3) is 0 Å². The molecule has 0 bridgehead atoms. The molecule has 3 atom stereocenters. The number of hydrogen-bond donors (Lipinski definition) is 3. The molecular weight excluding hydrogens is 320 g/mol. The summed E-state index contributed by atoms with van der Waals surface area (Å²) in [4.78, 5) is 15.8. The fourth-order valence-corrected chi connectivity index (χ4v) is 2.75. The number of aliphatic hydroxyl groups is 1. The summed E-state index contributed by atoms with van der Waals surface area (Å²) < 4.78 is 5.86. The van der Waals surface area contributed by atoms with Gasteiger partial charge in [0, 0.05) is 30.4 Å². The molecule has 25 heavy (non-hydrogen) atoms. The molecule has 6 heteroatoms. The van der Waals surface area contributed by atoms with Gasteiger partial charge < -0.3 is 20.7 Å². The van der Waals surface area contributed by atoms with Crippen LogP contribution in [0.3, 0.4) is 0 Å². The fourth-order valence-electron chi connectivity index (χ4n) is 2.75. The highest BCUT2D eigenvalue weighted by molar-refractivity contribution is 5.78. The van der Waals surface area contributed by atoms with Crippen molar-refractivity contribution in [1.29, 1.82) is 0 Å². The van der Waals surface area contributed by atoms with E-state index >= 15 is 0 Å². The highest BCUT2D eigenvalue weighted by atomic mass is 16.5. The van der Waals surface area contributed by atoms with E-state index in [1.54, 1.807) is 18.3 Å². The SMILES string of the molecule is CCCCC(C)Oc1ccnc(CC(O)(C(=O)O)C(N)CC(C)C)c1. The zero-order valence-electron chi connectivity index (χ0n) is 15.7. The molecular formula is C19H32N2O4. The number of unbranched alkanes of at least 4 members (excludes halogenated alkanes) is 1. The van der Waals surface area contributed by atoms with Gasteiger partial charge in [-0.3, -0.25) is 4.98 Å². The number of carbonyl (C=O) groups is 1. The first-order chi connectivity index (χ1) is 11.7. The number of nitrogens with zero attached hydrogens (tertiary/aromatic N) is 1. The maximum atomic E-state index is 11.6. The molecule has 1 rings (SSSR count). The fraction of sp³-hybridized carbons (Fsp3) is 0.684. The maximum Gasteiger partial charge on any atom is 0.337 e. The van der Waals surface area contributed by atoms with Crippen LogP contribution in [0.25, 0.3) is 0 Å². The molecule has 0 spiro atoms. The van der Waals surface area contributed by atoms with Gasteiger partial charge in [-0.25, -0.2) is 4.79 Å². The Bertz CT molecular complexity index is 550. The minimum Gasteiger partial charge on any atom is -0.491 e. The molecule has 0 aliphatic rings. The van der Waals surface area contributed by atoms with E-state index in [9.17, 15) is 15.0 Å². The summed E-state index contributed by atoms with van der Waals surface area (Å²) in [7, 11) is 0. The Morgan fingerprint density at radius 3 is 2.64 bits per heavy atom. The Labute approximate surface area is 150 Å². The zero-order chi connectivity index (χ0) is 19.0. The average Bonchev–Trinajstić information content (AvgIpc) is 2.52. The van der Waals surface area contributed by atoms with Crippen molar-refractivity contribution < 1.29 is 19.7 Å². The number of hydrogen-bond acceptors (Lipinski definition) is 5. The van der Waals surface area contributed by atoms with E-state index in [1.165, 1.54) is 0 Å². The van der Waals surface area contributed by atoms with E-state index in [-0.39, 0.29) is 18.4 Å². The van der Waals surface area contributed by atoms with Gasteiger partial charge in [0.2, 0.25) is 0 Å². The van der Waals surface area contributed by atoms with Crippen LogP contribution in [-0.2, 0) is 11.2 Å². The highest BCUT2D eigenvalue weighted by Gasteiger charge is 2.43. The standard InChI is InChI=1S/C19H32N2O4/c1-5-6-7-14(4)25-16-8-9-21-15(11-16)12-19(24,18(22)23)17(20)10-13(2)3/h8-9,11,13-14,17,24H,5-7,10,12,20H2,1-4H3,(H,22,23). The van der Waals surface area contributed by atoms with Crippen LogP contribution in [-0.4, -0.2) is 38.9 Å². The molecule has 1 heterocycles. The van der Waals surface area contributed by atoms with Gasteiger partial charge >= 0.3 is 5.97 Å². The molecule has 0 fully saturated rings. The first kappa shape index (κ1) is 21.4. The minimum absolute atomic E-state index is 0.0664. The molecule has 0 aliphatic heterocycles. The van der Waals surface area contributed by atoms with Crippen molar-refractivity contribution in [3.63, 3.8) is 0 Å². The molecule has 0 saturated heterocycles. The molecule has 6 nitrogen and oxygen atoms in total.